The number of carbonyl (C=O) groups excluding carboxylic acids is 1. The average molecular weight is 431 g/mol. The lowest BCUT2D eigenvalue weighted by atomic mass is 10.1. The maximum absolute atomic E-state index is 11.7. The molecular formula is C5Cl10O. The van der Waals surface area contributed by atoms with Gasteiger partial charge in [0, 0.05) is 0 Å². The SMILES string of the molecule is O=C(C(Cl)(Cl)Cl)C(Cl)(C(Cl)(Cl)Cl)C(Cl)(Cl)Cl. The molecule has 0 spiro atoms. The first-order valence-corrected chi connectivity index (χ1v) is 6.87. The number of carbonyl (C=O) groups is 1. The zero-order chi connectivity index (χ0) is 13.6. The third-order valence-corrected chi connectivity index (χ3v) is 4.89. The van der Waals surface area contributed by atoms with E-state index >= 15 is 0 Å². The molecule has 0 fully saturated rings. The number of alkyl halides is 10. The summed E-state index contributed by atoms with van der Waals surface area (Å²) in [5.74, 6) is -1.37. The van der Waals surface area contributed by atoms with E-state index in [4.69, 9.17) is 116 Å². The molecule has 96 valence electrons. The molecule has 0 N–H and O–H groups in total. The molecule has 0 atom stereocenters. The van der Waals surface area contributed by atoms with Gasteiger partial charge in [0.25, 0.3) is 3.79 Å². The molecule has 0 radical (unpaired) electrons. The van der Waals surface area contributed by atoms with E-state index < -0.39 is 22.0 Å². The Morgan fingerprint density at radius 1 is 0.625 bits per heavy atom. The molecule has 0 rings (SSSR count). The summed E-state index contributed by atoms with van der Waals surface area (Å²) >= 11 is 54.6. The van der Waals surface area contributed by atoms with Crippen LogP contribution in [0.5, 0.6) is 0 Å². The van der Waals surface area contributed by atoms with Crippen LogP contribution in [-0.2, 0) is 4.79 Å². The number of ketones is 1. The van der Waals surface area contributed by atoms with Crippen LogP contribution in [0.2, 0.25) is 0 Å². The van der Waals surface area contributed by atoms with Gasteiger partial charge in [-0.3, -0.25) is 4.79 Å². The van der Waals surface area contributed by atoms with E-state index in [-0.39, 0.29) is 0 Å². The van der Waals surface area contributed by atoms with Crippen molar-refractivity contribution in [2.45, 2.75) is 16.3 Å². The van der Waals surface area contributed by atoms with E-state index in [0.29, 0.717) is 0 Å². The van der Waals surface area contributed by atoms with Gasteiger partial charge < -0.3 is 0 Å². The highest BCUT2D eigenvalue weighted by Gasteiger charge is 2.68. The summed E-state index contributed by atoms with van der Waals surface area (Å²) in [6, 6.07) is 0. The van der Waals surface area contributed by atoms with Crippen molar-refractivity contribution < 1.29 is 4.79 Å². The fraction of sp³-hybridized carbons (Fsp3) is 0.800. The molecule has 0 aromatic rings. The maximum atomic E-state index is 11.7. The highest BCUT2D eigenvalue weighted by Crippen LogP contribution is 2.58. The van der Waals surface area contributed by atoms with Crippen LogP contribution in [-0.4, -0.2) is 22.0 Å². The van der Waals surface area contributed by atoms with Gasteiger partial charge in [-0.15, -0.1) is 11.6 Å². The lowest BCUT2D eigenvalue weighted by Crippen LogP contribution is -2.58. The summed E-state index contributed by atoms with van der Waals surface area (Å²) in [7, 11) is 0. The molecule has 0 heterocycles. The van der Waals surface area contributed by atoms with Gasteiger partial charge in [-0.2, -0.15) is 0 Å². The van der Waals surface area contributed by atoms with Crippen LogP contribution in [0, 0.1) is 0 Å². The number of hydrogen-bond donors (Lipinski definition) is 0. The van der Waals surface area contributed by atoms with Crippen molar-refractivity contribution in [3.05, 3.63) is 0 Å². The van der Waals surface area contributed by atoms with Crippen molar-refractivity contribution in [2.24, 2.45) is 0 Å². The van der Waals surface area contributed by atoms with Crippen LogP contribution in [0.3, 0.4) is 0 Å². The fourth-order valence-corrected chi connectivity index (χ4v) is 3.13. The average Bonchev–Trinajstić information content (AvgIpc) is 1.95. The zero-order valence-corrected chi connectivity index (χ0v) is 14.2. The first-order valence-electron chi connectivity index (χ1n) is 3.09. The monoisotopic (exact) mass is 426 g/mol. The Labute approximate surface area is 141 Å². The highest BCUT2D eigenvalue weighted by molar-refractivity contribution is 6.85. The van der Waals surface area contributed by atoms with E-state index in [1.165, 1.54) is 0 Å². The molecule has 1 nitrogen and oxygen atoms in total. The van der Waals surface area contributed by atoms with E-state index in [2.05, 4.69) is 0 Å². The predicted octanol–water partition coefficient (Wildman–Crippen LogP) is 5.64. The number of Topliss-reactive ketones (excluding diaryl/α,β-unsaturated/α-hetero) is 1. The van der Waals surface area contributed by atoms with Crippen molar-refractivity contribution in [1.29, 1.82) is 0 Å². The first-order chi connectivity index (χ1) is 6.65. The second-order valence-electron chi connectivity index (χ2n) is 2.48. The van der Waals surface area contributed by atoms with E-state index in [1.807, 2.05) is 0 Å². The van der Waals surface area contributed by atoms with E-state index in [9.17, 15) is 4.79 Å². The molecule has 0 saturated carbocycles. The smallest absolute Gasteiger partial charge is 0.250 e. The van der Waals surface area contributed by atoms with Crippen LogP contribution in [0.25, 0.3) is 0 Å². The lowest BCUT2D eigenvalue weighted by molar-refractivity contribution is -0.120. The minimum Gasteiger partial charge on any atom is -0.292 e. The molecule has 0 bridgehead atoms. The second-order valence-corrected chi connectivity index (χ2v) is 9.89. The highest BCUT2D eigenvalue weighted by atomic mass is 35.6. The largest absolute Gasteiger partial charge is 0.292 e. The summed E-state index contributed by atoms with van der Waals surface area (Å²) in [5.41, 5.74) is 0. The third kappa shape index (κ3) is 3.79. The van der Waals surface area contributed by atoms with Gasteiger partial charge in [-0.1, -0.05) is 104 Å². The summed E-state index contributed by atoms with van der Waals surface area (Å²) in [4.78, 5) is 9.09. The number of rotatable bonds is 1. The van der Waals surface area contributed by atoms with Gasteiger partial charge in [0.05, 0.1) is 0 Å². The number of hydrogen-bond acceptors (Lipinski definition) is 1. The van der Waals surface area contributed by atoms with Crippen molar-refractivity contribution in [2.75, 3.05) is 0 Å². The quantitative estimate of drug-likeness (QED) is 0.492. The summed E-state index contributed by atoms with van der Waals surface area (Å²) < 4.78 is -7.50. The summed E-state index contributed by atoms with van der Waals surface area (Å²) in [6.45, 7) is 0. The Morgan fingerprint density at radius 3 is 0.938 bits per heavy atom. The zero-order valence-electron chi connectivity index (χ0n) is 6.69. The Hall–Kier alpha value is 2.57. The van der Waals surface area contributed by atoms with Crippen molar-refractivity contribution >= 4 is 122 Å². The molecule has 0 aromatic carbocycles. The van der Waals surface area contributed by atoms with Gasteiger partial charge in [0.15, 0.2) is 0 Å². The van der Waals surface area contributed by atoms with Crippen LogP contribution in [0.15, 0.2) is 0 Å². The lowest BCUT2D eigenvalue weighted by Gasteiger charge is -2.39. The predicted molar refractivity (Wildman–Crippen MR) is 74.5 cm³/mol. The summed E-state index contributed by atoms with van der Waals surface area (Å²) in [6.07, 6.45) is 0. The fourth-order valence-electron chi connectivity index (χ4n) is 0.613. The molecule has 0 aliphatic carbocycles. The van der Waals surface area contributed by atoms with Gasteiger partial charge >= 0.3 is 0 Å². The Morgan fingerprint density at radius 2 is 0.875 bits per heavy atom. The van der Waals surface area contributed by atoms with Crippen LogP contribution < -0.4 is 0 Å². The standard InChI is InChI=1S/C5Cl10O/c6-2(4(10,11)12,5(13,14)15)1(16)3(7,8)9. The molecule has 0 amide bonds. The molecule has 0 saturated heterocycles. The Bertz CT molecular complexity index is 265. The van der Waals surface area contributed by atoms with Gasteiger partial charge in [-0.25, -0.2) is 0 Å². The van der Waals surface area contributed by atoms with E-state index in [1.54, 1.807) is 0 Å². The number of halogens is 10. The van der Waals surface area contributed by atoms with Gasteiger partial charge in [0.1, 0.15) is 0 Å². The Kier molecular flexibility index (Phi) is 6.40. The molecule has 11 heteroatoms. The molecule has 16 heavy (non-hydrogen) atoms. The minimum absolute atomic E-state index is 1.37. The van der Waals surface area contributed by atoms with E-state index in [0.717, 1.165) is 0 Å². The van der Waals surface area contributed by atoms with Crippen molar-refractivity contribution in [3.8, 4) is 0 Å². The molecule has 0 aromatic heterocycles. The summed E-state index contributed by atoms with van der Waals surface area (Å²) in [5, 5.41) is 0. The van der Waals surface area contributed by atoms with Crippen molar-refractivity contribution in [3.63, 3.8) is 0 Å². The molecular weight excluding hydrogens is 431 g/mol. The Balaban J connectivity index is 5.74. The topological polar surface area (TPSA) is 17.1 Å². The van der Waals surface area contributed by atoms with Gasteiger partial charge in [-0.05, 0) is 0 Å². The van der Waals surface area contributed by atoms with Crippen LogP contribution >= 0.6 is 116 Å². The van der Waals surface area contributed by atoms with Gasteiger partial charge in [0.2, 0.25) is 18.2 Å². The normalized spacial score (nSPS) is 15.1. The third-order valence-electron chi connectivity index (χ3n) is 1.35. The van der Waals surface area contributed by atoms with Crippen LogP contribution in [0.4, 0.5) is 0 Å². The molecule has 0 aliphatic rings. The van der Waals surface area contributed by atoms with Crippen molar-refractivity contribution in [1.82, 2.24) is 0 Å². The van der Waals surface area contributed by atoms with Crippen LogP contribution in [0.1, 0.15) is 0 Å². The first kappa shape index (κ1) is 18.6. The maximum Gasteiger partial charge on any atom is 0.250 e. The minimum atomic E-state index is -2.65. The molecule has 0 aliphatic heterocycles. The molecule has 0 unspecified atom stereocenters. The second kappa shape index (κ2) is 5.52.